The zero-order valence-corrected chi connectivity index (χ0v) is 56.0. The predicted molar refractivity (Wildman–Crippen MR) is 340 cm³/mol. The molecule has 25 heteroatoms. The van der Waals surface area contributed by atoms with E-state index in [2.05, 4.69) is 0 Å². The zero-order chi connectivity index (χ0) is 66.6. The Balaban J connectivity index is 1.31. The molecule has 0 unspecified atom stereocenters. The number of halogens is 10. The van der Waals surface area contributed by atoms with Crippen LogP contribution in [-0.4, -0.2) is 86.6 Å². The molecule has 0 saturated heterocycles. The monoisotopic (exact) mass is 1340 g/mol. The Morgan fingerprint density at radius 2 is 0.527 bits per heavy atom. The van der Waals surface area contributed by atoms with E-state index in [-0.39, 0.29) is 67.7 Å². The molecule has 0 spiro atoms. The second kappa shape index (κ2) is 29.1. The molecule has 0 N–H and O–H groups in total. The lowest BCUT2D eigenvalue weighted by Gasteiger charge is -2.31. The van der Waals surface area contributed by atoms with E-state index in [0.29, 0.717) is 31.6 Å². The van der Waals surface area contributed by atoms with Crippen molar-refractivity contribution in [2.45, 2.75) is 52.5 Å². The quantitative estimate of drug-likeness (QED) is 0.00985. The molecule has 0 atom stereocenters. The van der Waals surface area contributed by atoms with Crippen molar-refractivity contribution in [3.05, 3.63) is 166 Å². The lowest BCUT2D eigenvalue weighted by atomic mass is 9.98. The fourth-order valence-corrected chi connectivity index (χ4v) is 18.9. The maximum atomic E-state index is 16.6. The Kier molecular flexibility index (Phi) is 22.2. The van der Waals surface area contributed by atoms with Crippen LogP contribution in [0.4, 0.5) is 43.9 Å². The fourth-order valence-electron chi connectivity index (χ4n) is 10.4. The number of methoxy groups -OCH3 is 8. The molecule has 0 amide bonds. The van der Waals surface area contributed by atoms with Crippen molar-refractivity contribution in [1.82, 2.24) is 0 Å². The molecule has 91 heavy (non-hydrogen) atoms. The van der Waals surface area contributed by atoms with Crippen molar-refractivity contribution in [1.29, 1.82) is 0 Å². The van der Waals surface area contributed by atoms with E-state index in [1.807, 2.05) is 39.3 Å². The molecule has 11 nitrogen and oxygen atoms in total. The molecule has 0 bridgehead atoms. The van der Waals surface area contributed by atoms with Gasteiger partial charge in [0.2, 0.25) is 11.6 Å². The Morgan fingerprint density at radius 3 is 0.736 bits per heavy atom. The topological polar surface area (TPSA) is 102 Å². The van der Waals surface area contributed by atoms with Gasteiger partial charge in [-0.15, -0.1) is 0 Å². The zero-order valence-electron chi connectivity index (χ0n) is 52.2. The second-order valence-electron chi connectivity index (χ2n) is 22.3. The molecule has 8 aromatic carbocycles. The first-order valence-electron chi connectivity index (χ1n) is 27.9. The van der Waals surface area contributed by atoms with Gasteiger partial charge in [-0.05, 0) is 81.4 Å². The number of hydrogen-bond donors (Lipinski definition) is 0. The van der Waals surface area contributed by atoms with Crippen LogP contribution in [0.3, 0.4) is 0 Å². The smallest absolute Gasteiger partial charge is 0.200 e. The molecular weight excluding hydrogens is 1280 g/mol. The second-order valence-corrected chi connectivity index (χ2v) is 36.5. The molecule has 484 valence electrons. The Labute approximate surface area is 525 Å². The number of hydrogen-bond acceptors (Lipinski definition) is 11. The maximum Gasteiger partial charge on any atom is 0.200 e. The predicted octanol–water partition coefficient (Wildman–Crippen LogP) is 12.8. The molecule has 0 fully saturated rings. The molecular formula is C66H66F10O11P2Si2. The van der Waals surface area contributed by atoms with Crippen molar-refractivity contribution < 1.29 is 96.0 Å². The van der Waals surface area contributed by atoms with Crippen LogP contribution in [0.25, 0.3) is 22.3 Å². The van der Waals surface area contributed by atoms with Crippen molar-refractivity contribution in [3.63, 3.8) is 0 Å². The molecule has 0 heterocycles. The van der Waals surface area contributed by atoms with Gasteiger partial charge in [0.1, 0.15) is 59.6 Å². The molecule has 0 saturated carbocycles. The summed E-state index contributed by atoms with van der Waals surface area (Å²) in [6.45, 7) is 8.78. The van der Waals surface area contributed by atoms with Gasteiger partial charge in [0, 0.05) is 15.8 Å². The van der Waals surface area contributed by atoms with Gasteiger partial charge < -0.3 is 52.1 Å². The van der Waals surface area contributed by atoms with Gasteiger partial charge in [0.15, 0.2) is 46.5 Å². The third kappa shape index (κ3) is 13.6. The van der Waals surface area contributed by atoms with Crippen LogP contribution in [0.5, 0.6) is 46.0 Å². The van der Waals surface area contributed by atoms with E-state index in [1.165, 1.54) is 69.0 Å². The summed E-state index contributed by atoms with van der Waals surface area (Å²) < 4.78 is 225. The summed E-state index contributed by atoms with van der Waals surface area (Å²) >= 11 is 0. The Bertz CT molecular complexity index is 3510. The third-order valence-electron chi connectivity index (χ3n) is 15.0. The first kappa shape index (κ1) is 69.5. The fraction of sp³-hybridized carbons (Fsp3) is 0.273. The van der Waals surface area contributed by atoms with E-state index in [1.54, 1.807) is 84.9 Å². The van der Waals surface area contributed by atoms with Crippen molar-refractivity contribution >= 4 is 74.2 Å². The molecule has 8 rings (SSSR count). The van der Waals surface area contributed by atoms with Gasteiger partial charge in [-0.2, -0.15) is 0 Å². The minimum absolute atomic E-state index is 0.0757. The highest BCUT2D eigenvalue weighted by atomic mass is 31.1. The normalized spacial score (nSPS) is 11.8. The Morgan fingerprint density at radius 1 is 0.308 bits per heavy atom. The summed E-state index contributed by atoms with van der Waals surface area (Å²) in [5, 5.41) is 3.15. The van der Waals surface area contributed by atoms with Crippen LogP contribution in [0.15, 0.2) is 97.1 Å². The summed E-state index contributed by atoms with van der Waals surface area (Å²) in [6, 6.07) is 26.3. The number of rotatable bonds is 26. The minimum Gasteiger partial charge on any atom is -0.496 e. The lowest BCUT2D eigenvalue weighted by Crippen LogP contribution is -2.41. The first-order valence-corrected chi connectivity index (χ1v) is 37.5. The number of ether oxygens (including phenoxy) is 11. The average Bonchev–Trinajstić information content (AvgIpc) is 0.761. The summed E-state index contributed by atoms with van der Waals surface area (Å²) in [5.74, 6) is -19.8. The third-order valence-corrected chi connectivity index (χ3v) is 24.3. The molecule has 0 aromatic heterocycles. The molecule has 8 aromatic rings. The van der Waals surface area contributed by atoms with Crippen LogP contribution in [0, 0.1) is 58.2 Å². The van der Waals surface area contributed by atoms with Gasteiger partial charge in [0.05, 0.1) is 119 Å². The number of benzene rings is 8. The average molecular weight is 1340 g/mol. The van der Waals surface area contributed by atoms with Crippen molar-refractivity contribution in [3.8, 4) is 68.2 Å². The van der Waals surface area contributed by atoms with Gasteiger partial charge in [-0.1, -0.05) is 98.2 Å². The molecule has 0 radical (unpaired) electrons. The largest absolute Gasteiger partial charge is 0.496 e. The maximum absolute atomic E-state index is 16.6. The van der Waals surface area contributed by atoms with Crippen LogP contribution in [0.1, 0.15) is 11.1 Å². The first-order chi connectivity index (χ1) is 43.3. The van der Waals surface area contributed by atoms with E-state index >= 15 is 35.1 Å². The van der Waals surface area contributed by atoms with Crippen molar-refractivity contribution in [2.75, 3.05) is 70.5 Å². The molecule has 0 aliphatic rings. The van der Waals surface area contributed by atoms with E-state index in [0.717, 1.165) is 0 Å². The van der Waals surface area contributed by atoms with Crippen LogP contribution >= 0.6 is 15.8 Å². The van der Waals surface area contributed by atoms with E-state index in [4.69, 9.17) is 52.1 Å². The molecule has 0 aliphatic carbocycles. The lowest BCUT2D eigenvalue weighted by molar-refractivity contribution is -0.139. The summed E-state index contributed by atoms with van der Waals surface area (Å²) in [7, 11) is 1.57. The highest BCUT2D eigenvalue weighted by Crippen LogP contribution is 2.50. The standard InChI is InChI=1S/C66H66F10O11P2Si2/c1-77-41-19-15-20-42(78-2)63(41)88(64-43(79-3)21-16-22-44(64)80-4)49-29-35(90(9,10)11)27-37(51-53(67)57(71)61(75)58(72)54(51)68)39(49)31-85-33-87-34-86-32-40-38(52-55(69)59(73)62(76)60(74)56(52)70)28-36(91(12,13)14)30-50(40)89(65-45(81-5)23-17-24-46(65)82-6)66-47(83-7)25-18-26-48(66)84-8/h15-30H,31-34H2,1-14H3. The van der Waals surface area contributed by atoms with Crippen LogP contribution < -0.4 is 80.1 Å². The molecule has 0 aliphatic heterocycles. The van der Waals surface area contributed by atoms with Gasteiger partial charge in [-0.3, -0.25) is 0 Å². The SMILES string of the molecule is COc1cccc(OC)c1P(c1cc([Si](C)(C)C)cc(-c2c(F)c(F)c(F)c(F)c2F)c1COCOCOCc1c(-c2c(F)c(F)c(F)c(F)c2F)cc([Si](C)(C)C)cc1P(c1c(OC)cccc1OC)c1c(OC)cccc1OC)c1c(OC)cccc1OC. The summed E-state index contributed by atoms with van der Waals surface area (Å²) in [6.07, 6.45) is 0. The van der Waals surface area contributed by atoms with Crippen LogP contribution in [-0.2, 0) is 27.4 Å². The van der Waals surface area contributed by atoms with Gasteiger partial charge in [-0.25, -0.2) is 43.9 Å². The minimum atomic E-state index is -2.68. The highest BCUT2D eigenvalue weighted by molar-refractivity contribution is 7.81. The van der Waals surface area contributed by atoms with E-state index < -0.39 is 139 Å². The van der Waals surface area contributed by atoms with Crippen molar-refractivity contribution in [2.24, 2.45) is 0 Å². The van der Waals surface area contributed by atoms with Gasteiger partial charge >= 0.3 is 0 Å². The highest BCUT2D eigenvalue weighted by Gasteiger charge is 2.39. The van der Waals surface area contributed by atoms with Gasteiger partial charge in [0.25, 0.3) is 0 Å². The van der Waals surface area contributed by atoms with Crippen LogP contribution in [0.2, 0.25) is 39.3 Å². The summed E-state index contributed by atoms with van der Waals surface area (Å²) in [5.41, 5.74) is -3.47. The van der Waals surface area contributed by atoms with E-state index in [9.17, 15) is 8.78 Å². The summed E-state index contributed by atoms with van der Waals surface area (Å²) in [4.78, 5) is 0. The Hall–Kier alpha value is -7.37.